The monoisotopic (exact) mass is 335 g/mol. The van der Waals surface area contributed by atoms with Crippen LogP contribution in [0.2, 0.25) is 0 Å². The first-order valence-corrected chi connectivity index (χ1v) is 10.5. The molecule has 134 valence electrons. The first-order chi connectivity index (χ1) is 10.3. The Bertz CT molecular complexity index is 320. The zero-order chi connectivity index (χ0) is 17.2. The molecule has 1 unspecified atom stereocenters. The lowest BCUT2D eigenvalue weighted by Gasteiger charge is -2.41. The molecule has 5 heteroatoms. The summed E-state index contributed by atoms with van der Waals surface area (Å²) in [5.74, 6) is 0. The molecule has 0 spiro atoms. The first kappa shape index (κ1) is 22.1. The van der Waals surface area contributed by atoms with Crippen molar-refractivity contribution in [3.63, 3.8) is 0 Å². The molecular weight excluding hydrogens is 297 g/mol. The highest BCUT2D eigenvalue weighted by Crippen LogP contribution is 2.63. The Morgan fingerprint density at radius 3 is 1.82 bits per heavy atom. The topological polar surface area (TPSA) is 47.6 Å². The third-order valence-electron chi connectivity index (χ3n) is 3.74. The van der Waals surface area contributed by atoms with E-state index < -0.39 is 12.9 Å². The van der Waals surface area contributed by atoms with Crippen molar-refractivity contribution in [3.8, 4) is 0 Å². The fourth-order valence-electron chi connectivity index (χ4n) is 2.57. The van der Waals surface area contributed by atoms with Gasteiger partial charge >= 0.3 is 7.60 Å². The minimum absolute atomic E-state index is 0.120. The molecule has 0 saturated carbocycles. The van der Waals surface area contributed by atoms with E-state index in [0.29, 0.717) is 0 Å². The minimum Gasteiger partial charge on any atom is -0.305 e. The summed E-state index contributed by atoms with van der Waals surface area (Å²) in [6, 6.07) is 0. The van der Waals surface area contributed by atoms with E-state index in [4.69, 9.17) is 9.05 Å². The number of hydrogen-bond donors (Lipinski definition) is 1. The largest absolute Gasteiger partial charge is 0.351 e. The predicted octanol–water partition coefficient (Wildman–Crippen LogP) is 5.72. The molecule has 0 radical (unpaired) electrons. The summed E-state index contributed by atoms with van der Waals surface area (Å²) in [5, 5.41) is 2.98. The van der Waals surface area contributed by atoms with Gasteiger partial charge in [0.2, 0.25) is 0 Å². The Hall–Kier alpha value is 0.110. The number of hydrogen-bond acceptors (Lipinski definition) is 4. The van der Waals surface area contributed by atoms with E-state index in [-0.39, 0.29) is 12.2 Å². The molecule has 0 aromatic rings. The highest BCUT2D eigenvalue weighted by atomic mass is 31.2. The van der Waals surface area contributed by atoms with E-state index in [0.717, 1.165) is 45.1 Å². The highest BCUT2D eigenvalue weighted by molar-refractivity contribution is 7.55. The van der Waals surface area contributed by atoms with E-state index in [1.807, 2.05) is 27.7 Å². The minimum atomic E-state index is -3.25. The van der Waals surface area contributed by atoms with Crippen molar-refractivity contribution < 1.29 is 13.6 Å². The third kappa shape index (κ3) is 6.70. The molecule has 22 heavy (non-hydrogen) atoms. The molecular formula is C17H38NO3P. The molecule has 0 bridgehead atoms. The standard InChI is InChI=1S/C17H38NO3P/c1-8-11-13-17(10-3,18-14-12-9-2)22(19,20-15(4)5)21-16(6)7/h15-16,18H,8-14H2,1-7H3. The molecule has 0 rings (SSSR count). The van der Waals surface area contributed by atoms with Gasteiger partial charge in [-0.3, -0.25) is 4.57 Å². The van der Waals surface area contributed by atoms with Crippen molar-refractivity contribution >= 4 is 7.60 Å². The van der Waals surface area contributed by atoms with Gasteiger partial charge in [-0.05, 0) is 53.5 Å². The smallest absolute Gasteiger partial charge is 0.305 e. The molecule has 1 atom stereocenters. The Morgan fingerprint density at radius 1 is 0.955 bits per heavy atom. The summed E-state index contributed by atoms with van der Waals surface area (Å²) in [6.45, 7) is 14.9. The third-order valence-corrected chi connectivity index (χ3v) is 6.88. The Labute approximate surface area is 138 Å². The molecule has 0 saturated heterocycles. The van der Waals surface area contributed by atoms with Crippen molar-refractivity contribution in [2.24, 2.45) is 0 Å². The van der Waals surface area contributed by atoms with Crippen molar-refractivity contribution in [1.82, 2.24) is 5.32 Å². The van der Waals surface area contributed by atoms with Gasteiger partial charge in [0.05, 0.1) is 12.2 Å². The van der Waals surface area contributed by atoms with E-state index in [1.54, 1.807) is 0 Å². The average Bonchev–Trinajstić information content (AvgIpc) is 2.40. The van der Waals surface area contributed by atoms with Gasteiger partial charge in [0.25, 0.3) is 0 Å². The van der Waals surface area contributed by atoms with Crippen LogP contribution < -0.4 is 5.32 Å². The lowest BCUT2D eigenvalue weighted by molar-refractivity contribution is 0.115. The van der Waals surface area contributed by atoms with Crippen molar-refractivity contribution in [1.29, 1.82) is 0 Å². The van der Waals surface area contributed by atoms with E-state index >= 15 is 0 Å². The molecule has 0 aromatic carbocycles. The summed E-state index contributed by atoms with van der Waals surface area (Å²) in [7, 11) is -3.25. The maximum Gasteiger partial charge on any atom is 0.351 e. The van der Waals surface area contributed by atoms with Gasteiger partial charge in [0.15, 0.2) is 0 Å². The average molecular weight is 335 g/mol. The highest BCUT2D eigenvalue weighted by Gasteiger charge is 2.50. The van der Waals surface area contributed by atoms with Crippen LogP contribution in [0.5, 0.6) is 0 Å². The second kappa shape index (κ2) is 10.8. The predicted molar refractivity (Wildman–Crippen MR) is 95.5 cm³/mol. The summed E-state index contributed by atoms with van der Waals surface area (Å²) in [4.78, 5) is 0. The maximum absolute atomic E-state index is 13.7. The fourth-order valence-corrected chi connectivity index (χ4v) is 5.25. The zero-order valence-corrected chi connectivity index (χ0v) is 16.7. The molecule has 0 aliphatic rings. The van der Waals surface area contributed by atoms with Crippen LogP contribution in [-0.2, 0) is 13.6 Å². The first-order valence-electron chi connectivity index (χ1n) is 8.98. The van der Waals surface area contributed by atoms with E-state index in [1.165, 1.54) is 0 Å². The van der Waals surface area contributed by atoms with Crippen LogP contribution >= 0.6 is 7.60 Å². The van der Waals surface area contributed by atoms with E-state index in [2.05, 4.69) is 26.1 Å². The summed E-state index contributed by atoms with van der Waals surface area (Å²) in [6.07, 6.45) is 5.59. The molecule has 4 nitrogen and oxygen atoms in total. The van der Waals surface area contributed by atoms with Crippen molar-refractivity contribution in [3.05, 3.63) is 0 Å². The Morgan fingerprint density at radius 2 is 1.45 bits per heavy atom. The quantitative estimate of drug-likeness (QED) is 0.345. The van der Waals surface area contributed by atoms with Gasteiger partial charge < -0.3 is 14.4 Å². The zero-order valence-electron chi connectivity index (χ0n) is 15.8. The van der Waals surface area contributed by atoms with Crippen LogP contribution in [0.3, 0.4) is 0 Å². The van der Waals surface area contributed by atoms with Gasteiger partial charge in [0.1, 0.15) is 5.28 Å². The Balaban J connectivity index is 5.52. The van der Waals surface area contributed by atoms with Gasteiger partial charge in [-0.25, -0.2) is 0 Å². The van der Waals surface area contributed by atoms with Crippen molar-refractivity contribution in [2.45, 2.75) is 104 Å². The number of unbranched alkanes of at least 4 members (excludes halogenated alkanes) is 2. The SMILES string of the molecule is CCCCNC(CC)(CCCC)P(=O)(OC(C)C)OC(C)C. The van der Waals surface area contributed by atoms with Crippen LogP contribution in [-0.4, -0.2) is 24.0 Å². The fraction of sp³-hybridized carbons (Fsp3) is 1.00. The maximum atomic E-state index is 13.7. The molecule has 0 aliphatic carbocycles. The van der Waals surface area contributed by atoms with Crippen LogP contribution in [0.15, 0.2) is 0 Å². The molecule has 1 N–H and O–H groups in total. The van der Waals surface area contributed by atoms with Crippen LogP contribution in [0.1, 0.15) is 87.0 Å². The molecule has 0 aliphatic heterocycles. The summed E-state index contributed by atoms with van der Waals surface area (Å²) < 4.78 is 25.5. The van der Waals surface area contributed by atoms with Crippen molar-refractivity contribution in [2.75, 3.05) is 6.54 Å². The number of nitrogens with one attached hydrogen (secondary N) is 1. The van der Waals surface area contributed by atoms with E-state index in [9.17, 15) is 4.57 Å². The molecule has 0 fully saturated rings. The molecule has 0 heterocycles. The second-order valence-electron chi connectivity index (χ2n) is 6.57. The second-order valence-corrected chi connectivity index (χ2v) is 8.85. The normalized spacial score (nSPS) is 15.5. The lowest BCUT2D eigenvalue weighted by atomic mass is 10.1. The summed E-state index contributed by atoms with van der Waals surface area (Å²) in [5.41, 5.74) is 0. The molecule has 0 amide bonds. The summed E-state index contributed by atoms with van der Waals surface area (Å²) >= 11 is 0. The lowest BCUT2D eigenvalue weighted by Crippen LogP contribution is -2.46. The molecule has 0 aromatic heterocycles. The number of rotatable bonds is 13. The van der Waals surface area contributed by atoms with Crippen LogP contribution in [0, 0.1) is 0 Å². The van der Waals surface area contributed by atoms with Gasteiger partial charge in [-0.1, -0.05) is 40.0 Å². The van der Waals surface area contributed by atoms with Crippen LogP contribution in [0.25, 0.3) is 0 Å². The van der Waals surface area contributed by atoms with Gasteiger partial charge in [-0.15, -0.1) is 0 Å². The Kier molecular flexibility index (Phi) is 10.9. The van der Waals surface area contributed by atoms with Gasteiger partial charge in [0, 0.05) is 0 Å². The van der Waals surface area contributed by atoms with Crippen LogP contribution in [0.4, 0.5) is 0 Å². The van der Waals surface area contributed by atoms with Gasteiger partial charge in [-0.2, -0.15) is 0 Å².